The number of nitrogens with zero attached hydrogens (tertiary/aromatic N) is 1. The molecule has 0 bridgehead atoms. The Morgan fingerprint density at radius 3 is 2.33 bits per heavy atom. The van der Waals surface area contributed by atoms with Gasteiger partial charge in [-0.3, -0.25) is 0 Å². The predicted molar refractivity (Wildman–Crippen MR) is 40.4 cm³/mol. The van der Waals surface area contributed by atoms with Gasteiger partial charge in [-0.2, -0.15) is 5.06 Å². The van der Waals surface area contributed by atoms with Crippen LogP contribution in [0.2, 0.25) is 0 Å². The largest absolute Gasteiger partial charge is 0.479 e. The second kappa shape index (κ2) is 3.38. The molecule has 2 N–H and O–H groups in total. The molecule has 1 saturated heterocycles. The number of aliphatic carboxylic acids is 1. The lowest BCUT2D eigenvalue weighted by atomic mass is 9.93. The summed E-state index contributed by atoms with van der Waals surface area (Å²) < 4.78 is 0. The molecule has 12 heavy (non-hydrogen) atoms. The lowest BCUT2D eigenvalue weighted by Crippen LogP contribution is -2.48. The first-order chi connectivity index (χ1) is 5.58. The summed E-state index contributed by atoms with van der Waals surface area (Å²) in [5, 5.41) is 19.8. The van der Waals surface area contributed by atoms with Crippen LogP contribution in [-0.4, -0.2) is 47.0 Å². The Balaban J connectivity index is 2.49. The van der Waals surface area contributed by atoms with Crippen molar-refractivity contribution in [2.75, 3.05) is 20.2 Å². The van der Waals surface area contributed by atoms with Crippen LogP contribution in [0.4, 0.5) is 0 Å². The number of hydroxylamine groups is 2. The molecule has 0 aromatic carbocycles. The zero-order chi connectivity index (χ0) is 9.19. The highest BCUT2D eigenvalue weighted by Gasteiger charge is 2.39. The van der Waals surface area contributed by atoms with Crippen LogP contribution >= 0.6 is 0 Å². The van der Waals surface area contributed by atoms with Gasteiger partial charge in [-0.15, -0.1) is 0 Å². The normalized spacial score (nSPS) is 23.8. The molecule has 0 saturated carbocycles. The molecular weight excluding hydrogens is 162 g/mol. The smallest absolute Gasteiger partial charge is 0.335 e. The first-order valence-electron chi connectivity index (χ1n) is 3.83. The van der Waals surface area contributed by atoms with E-state index in [1.807, 2.05) is 0 Å². The highest BCUT2D eigenvalue weighted by Crippen LogP contribution is 2.21. The standard InChI is InChI=1S/C7H13NO4/c1-12-8-4-2-7(11,3-5-8)6(9)10/h11H,2-5H2,1H3,(H,9,10). The van der Waals surface area contributed by atoms with Crippen LogP contribution in [0.15, 0.2) is 0 Å². The number of piperidine rings is 1. The number of carbonyl (C=O) groups is 1. The number of hydrogen-bond acceptors (Lipinski definition) is 4. The maximum Gasteiger partial charge on any atom is 0.335 e. The molecule has 5 nitrogen and oxygen atoms in total. The van der Waals surface area contributed by atoms with Gasteiger partial charge >= 0.3 is 5.97 Å². The minimum atomic E-state index is -1.55. The van der Waals surface area contributed by atoms with Crippen LogP contribution in [0.5, 0.6) is 0 Å². The zero-order valence-electron chi connectivity index (χ0n) is 6.99. The van der Waals surface area contributed by atoms with Crippen molar-refractivity contribution in [1.29, 1.82) is 0 Å². The monoisotopic (exact) mass is 175 g/mol. The fraction of sp³-hybridized carbons (Fsp3) is 0.857. The lowest BCUT2D eigenvalue weighted by molar-refractivity contribution is -0.190. The van der Waals surface area contributed by atoms with Gasteiger partial charge in [-0.25, -0.2) is 4.79 Å². The molecule has 0 aromatic heterocycles. The van der Waals surface area contributed by atoms with Gasteiger partial charge in [0.15, 0.2) is 5.60 Å². The van der Waals surface area contributed by atoms with Crippen molar-refractivity contribution in [3.05, 3.63) is 0 Å². The summed E-state index contributed by atoms with van der Waals surface area (Å²) in [6.07, 6.45) is 0.437. The summed E-state index contributed by atoms with van der Waals surface area (Å²) in [6.45, 7) is 0.915. The lowest BCUT2D eigenvalue weighted by Gasteiger charge is -2.33. The Bertz CT molecular complexity index is 174. The summed E-state index contributed by atoms with van der Waals surface area (Å²) in [7, 11) is 1.53. The van der Waals surface area contributed by atoms with Crippen molar-refractivity contribution in [3.63, 3.8) is 0 Å². The molecule has 0 atom stereocenters. The van der Waals surface area contributed by atoms with E-state index in [0.717, 1.165) is 0 Å². The van der Waals surface area contributed by atoms with Crippen molar-refractivity contribution in [2.24, 2.45) is 0 Å². The Morgan fingerprint density at radius 2 is 2.00 bits per heavy atom. The van der Waals surface area contributed by atoms with E-state index >= 15 is 0 Å². The third-order valence-electron chi connectivity index (χ3n) is 2.21. The highest BCUT2D eigenvalue weighted by molar-refractivity contribution is 5.77. The van der Waals surface area contributed by atoms with E-state index in [1.165, 1.54) is 7.11 Å². The van der Waals surface area contributed by atoms with Crippen molar-refractivity contribution in [2.45, 2.75) is 18.4 Å². The van der Waals surface area contributed by atoms with E-state index in [-0.39, 0.29) is 12.8 Å². The number of rotatable bonds is 2. The molecule has 0 aromatic rings. The number of hydrogen-bond donors (Lipinski definition) is 2. The molecule has 70 valence electrons. The molecule has 0 amide bonds. The topological polar surface area (TPSA) is 70.0 Å². The zero-order valence-corrected chi connectivity index (χ0v) is 6.99. The van der Waals surface area contributed by atoms with Gasteiger partial charge in [0, 0.05) is 25.9 Å². The Morgan fingerprint density at radius 1 is 1.50 bits per heavy atom. The highest BCUT2D eigenvalue weighted by atomic mass is 16.7. The van der Waals surface area contributed by atoms with E-state index < -0.39 is 11.6 Å². The van der Waals surface area contributed by atoms with Crippen LogP contribution in [0.1, 0.15) is 12.8 Å². The first-order valence-corrected chi connectivity index (χ1v) is 3.83. The van der Waals surface area contributed by atoms with Crippen LogP contribution in [-0.2, 0) is 9.63 Å². The maximum atomic E-state index is 10.6. The van der Waals surface area contributed by atoms with Gasteiger partial charge < -0.3 is 15.1 Å². The number of aliphatic hydroxyl groups is 1. The minimum absolute atomic E-state index is 0.218. The second-order valence-electron chi connectivity index (χ2n) is 2.95. The van der Waals surface area contributed by atoms with Crippen molar-refractivity contribution in [1.82, 2.24) is 5.06 Å². The molecular formula is C7H13NO4. The molecule has 1 fully saturated rings. The third-order valence-corrected chi connectivity index (χ3v) is 2.21. The van der Waals surface area contributed by atoms with E-state index in [4.69, 9.17) is 9.94 Å². The van der Waals surface area contributed by atoms with Crippen molar-refractivity contribution >= 4 is 5.97 Å². The molecule has 1 rings (SSSR count). The van der Waals surface area contributed by atoms with E-state index in [1.54, 1.807) is 5.06 Å². The molecule has 1 aliphatic rings. The fourth-order valence-electron chi connectivity index (χ4n) is 1.25. The van der Waals surface area contributed by atoms with Gasteiger partial charge in [0.25, 0.3) is 0 Å². The predicted octanol–water partition coefficient (Wildman–Crippen LogP) is -0.541. The Kier molecular flexibility index (Phi) is 2.66. The van der Waals surface area contributed by atoms with Gasteiger partial charge in [0.1, 0.15) is 0 Å². The molecule has 0 spiro atoms. The van der Waals surface area contributed by atoms with Crippen LogP contribution in [0, 0.1) is 0 Å². The summed E-state index contributed by atoms with van der Waals surface area (Å²) in [6, 6.07) is 0. The average Bonchev–Trinajstić information content (AvgIpc) is 2.06. The number of carboxylic acid groups (broad SMARTS) is 1. The SMILES string of the molecule is CON1CCC(O)(C(=O)O)CC1. The Hall–Kier alpha value is -0.650. The van der Waals surface area contributed by atoms with Crippen LogP contribution in [0.25, 0.3) is 0 Å². The number of carboxylic acids is 1. The van der Waals surface area contributed by atoms with Gasteiger partial charge in [-0.1, -0.05) is 0 Å². The Labute approximate surface area is 70.5 Å². The summed E-state index contributed by atoms with van der Waals surface area (Å²) in [5.74, 6) is -1.14. The maximum absolute atomic E-state index is 10.6. The fourth-order valence-corrected chi connectivity index (χ4v) is 1.25. The summed E-state index contributed by atoms with van der Waals surface area (Å²) in [5.41, 5.74) is -1.55. The molecule has 0 radical (unpaired) electrons. The van der Waals surface area contributed by atoms with Gasteiger partial charge in [-0.05, 0) is 0 Å². The van der Waals surface area contributed by atoms with Gasteiger partial charge in [0.2, 0.25) is 0 Å². The second-order valence-corrected chi connectivity index (χ2v) is 2.95. The molecule has 0 aliphatic carbocycles. The minimum Gasteiger partial charge on any atom is -0.479 e. The van der Waals surface area contributed by atoms with Crippen molar-refractivity contribution in [3.8, 4) is 0 Å². The average molecular weight is 175 g/mol. The molecule has 1 aliphatic heterocycles. The molecule has 1 heterocycles. The van der Waals surface area contributed by atoms with E-state index in [9.17, 15) is 9.90 Å². The summed E-state index contributed by atoms with van der Waals surface area (Å²) >= 11 is 0. The van der Waals surface area contributed by atoms with Crippen molar-refractivity contribution < 1.29 is 19.8 Å². The van der Waals surface area contributed by atoms with Crippen LogP contribution in [0.3, 0.4) is 0 Å². The van der Waals surface area contributed by atoms with Gasteiger partial charge in [0.05, 0.1) is 7.11 Å². The first kappa shape index (κ1) is 9.44. The molecule has 5 heteroatoms. The van der Waals surface area contributed by atoms with E-state index in [2.05, 4.69) is 0 Å². The van der Waals surface area contributed by atoms with E-state index in [0.29, 0.717) is 13.1 Å². The third kappa shape index (κ3) is 1.74. The quantitative estimate of drug-likeness (QED) is 0.589. The summed E-state index contributed by atoms with van der Waals surface area (Å²) in [4.78, 5) is 15.5. The van der Waals surface area contributed by atoms with Crippen LogP contribution < -0.4 is 0 Å². The molecule has 0 unspecified atom stereocenters.